The van der Waals surface area contributed by atoms with Crippen LogP contribution in [0.2, 0.25) is 0 Å². The second kappa shape index (κ2) is 8.63. The summed E-state index contributed by atoms with van der Waals surface area (Å²) in [6.45, 7) is 11.5. The second-order valence-electron chi connectivity index (χ2n) is 8.22. The quantitative estimate of drug-likeness (QED) is 0.750. The molecule has 0 aromatic rings. The molecule has 25 heavy (non-hydrogen) atoms. The smallest absolute Gasteiger partial charge is 0.105 e. The third kappa shape index (κ3) is 4.93. The molecule has 0 unspecified atom stereocenters. The number of ether oxygens (including phenoxy) is 4. The van der Waals surface area contributed by atoms with E-state index in [4.69, 9.17) is 18.9 Å². The van der Waals surface area contributed by atoms with Crippen LogP contribution in [0.5, 0.6) is 0 Å². The van der Waals surface area contributed by atoms with Gasteiger partial charge in [0.05, 0.1) is 32.5 Å². The minimum atomic E-state index is -0.0847. The molecule has 144 valence electrons. The molecule has 0 aromatic carbocycles. The molecular weight excluding hydrogens is 320 g/mol. The molecule has 6 nitrogen and oxygen atoms in total. The molecule has 0 amide bonds. The van der Waals surface area contributed by atoms with Crippen LogP contribution in [0.1, 0.15) is 25.7 Å². The molecule has 4 rings (SSSR count). The van der Waals surface area contributed by atoms with Crippen LogP contribution in [0, 0.1) is 5.92 Å². The van der Waals surface area contributed by atoms with E-state index in [9.17, 15) is 0 Å². The van der Waals surface area contributed by atoms with Crippen LogP contribution in [0.3, 0.4) is 0 Å². The summed E-state index contributed by atoms with van der Waals surface area (Å²) >= 11 is 0. The van der Waals surface area contributed by atoms with Gasteiger partial charge in [-0.25, -0.2) is 0 Å². The summed E-state index contributed by atoms with van der Waals surface area (Å²) in [5, 5.41) is 0. The number of rotatable bonds is 4. The Bertz CT molecular complexity index is 412. The molecule has 0 bridgehead atoms. The molecular formula is C19H34N2O4. The van der Waals surface area contributed by atoms with Crippen LogP contribution in [-0.4, -0.2) is 100 Å². The zero-order valence-corrected chi connectivity index (χ0v) is 15.5. The molecule has 6 heteroatoms. The minimum absolute atomic E-state index is 0.0847. The molecule has 0 aromatic heterocycles. The summed E-state index contributed by atoms with van der Waals surface area (Å²) in [7, 11) is 0. The van der Waals surface area contributed by atoms with Gasteiger partial charge in [-0.1, -0.05) is 0 Å². The van der Waals surface area contributed by atoms with Crippen LogP contribution in [0.25, 0.3) is 0 Å². The number of hydrogen-bond acceptors (Lipinski definition) is 6. The van der Waals surface area contributed by atoms with Gasteiger partial charge in [0.15, 0.2) is 0 Å². The molecule has 0 radical (unpaired) electrons. The van der Waals surface area contributed by atoms with E-state index in [2.05, 4.69) is 9.80 Å². The number of nitrogens with zero attached hydrogens (tertiary/aromatic N) is 2. The van der Waals surface area contributed by atoms with Gasteiger partial charge in [-0.2, -0.15) is 0 Å². The topological polar surface area (TPSA) is 43.4 Å². The van der Waals surface area contributed by atoms with Crippen molar-refractivity contribution in [2.75, 3.05) is 78.9 Å². The van der Waals surface area contributed by atoms with Crippen molar-refractivity contribution >= 4 is 0 Å². The normalized spacial score (nSPS) is 36.7. The first kappa shape index (κ1) is 18.1. The first-order valence-electron chi connectivity index (χ1n) is 10.2. The highest BCUT2D eigenvalue weighted by Crippen LogP contribution is 2.34. The predicted octanol–water partition coefficient (Wildman–Crippen LogP) is 0.995. The van der Waals surface area contributed by atoms with E-state index in [-0.39, 0.29) is 5.60 Å². The third-order valence-corrected chi connectivity index (χ3v) is 6.19. The van der Waals surface area contributed by atoms with Crippen LogP contribution < -0.4 is 0 Å². The summed E-state index contributed by atoms with van der Waals surface area (Å²) in [6.07, 6.45) is 5.04. The Hall–Kier alpha value is -0.240. The van der Waals surface area contributed by atoms with Gasteiger partial charge < -0.3 is 18.9 Å². The molecule has 4 saturated heterocycles. The molecule has 4 aliphatic rings. The van der Waals surface area contributed by atoms with Crippen LogP contribution in [-0.2, 0) is 18.9 Å². The van der Waals surface area contributed by atoms with Crippen LogP contribution in [0.15, 0.2) is 0 Å². The van der Waals surface area contributed by atoms with Crippen molar-refractivity contribution in [1.29, 1.82) is 0 Å². The fraction of sp³-hybridized carbons (Fsp3) is 1.00. The Balaban J connectivity index is 1.30. The van der Waals surface area contributed by atoms with E-state index >= 15 is 0 Å². The largest absolute Gasteiger partial charge is 0.381 e. The van der Waals surface area contributed by atoms with Gasteiger partial charge in [0.25, 0.3) is 0 Å². The van der Waals surface area contributed by atoms with Crippen molar-refractivity contribution in [3.8, 4) is 0 Å². The van der Waals surface area contributed by atoms with Gasteiger partial charge in [0.2, 0.25) is 0 Å². The maximum absolute atomic E-state index is 6.62. The average Bonchev–Trinajstić information content (AvgIpc) is 2.91. The Kier molecular flexibility index (Phi) is 6.26. The molecule has 2 atom stereocenters. The summed E-state index contributed by atoms with van der Waals surface area (Å²) in [6, 6.07) is 0. The summed E-state index contributed by atoms with van der Waals surface area (Å²) in [5.74, 6) is 0.773. The van der Waals surface area contributed by atoms with E-state index in [1.165, 1.54) is 19.4 Å². The molecule has 0 N–H and O–H groups in total. The standard InChI is InChI=1S/C19H34N2O4/c1-4-19(25-18(1)14-20-5-10-23-11-6-20)15-21(7-12-24-16-19)13-17-2-8-22-9-3-17/h17-18H,1-16H2/t18-,19-/m1/s1. The number of morpholine rings is 1. The Morgan fingerprint density at radius 1 is 0.760 bits per heavy atom. The lowest BCUT2D eigenvalue weighted by Crippen LogP contribution is -2.47. The van der Waals surface area contributed by atoms with E-state index < -0.39 is 0 Å². The van der Waals surface area contributed by atoms with Gasteiger partial charge in [-0.15, -0.1) is 0 Å². The lowest BCUT2D eigenvalue weighted by atomic mass is 9.97. The minimum Gasteiger partial charge on any atom is -0.381 e. The van der Waals surface area contributed by atoms with E-state index in [1.807, 2.05) is 0 Å². The summed E-state index contributed by atoms with van der Waals surface area (Å²) in [4.78, 5) is 5.09. The summed E-state index contributed by atoms with van der Waals surface area (Å²) < 4.78 is 23.6. The van der Waals surface area contributed by atoms with Crippen LogP contribution in [0.4, 0.5) is 0 Å². The van der Waals surface area contributed by atoms with Crippen LogP contribution >= 0.6 is 0 Å². The molecule has 4 aliphatic heterocycles. The third-order valence-electron chi connectivity index (χ3n) is 6.19. The predicted molar refractivity (Wildman–Crippen MR) is 94.9 cm³/mol. The lowest BCUT2D eigenvalue weighted by molar-refractivity contribution is -0.0973. The highest BCUT2D eigenvalue weighted by Gasteiger charge is 2.43. The lowest BCUT2D eigenvalue weighted by Gasteiger charge is -2.35. The van der Waals surface area contributed by atoms with E-state index in [0.29, 0.717) is 6.10 Å². The maximum Gasteiger partial charge on any atom is 0.105 e. The second-order valence-corrected chi connectivity index (χ2v) is 8.22. The van der Waals surface area contributed by atoms with Crippen molar-refractivity contribution in [1.82, 2.24) is 9.80 Å². The van der Waals surface area contributed by atoms with E-state index in [1.54, 1.807) is 0 Å². The zero-order valence-electron chi connectivity index (χ0n) is 15.5. The van der Waals surface area contributed by atoms with E-state index in [0.717, 1.165) is 91.1 Å². The molecule has 1 spiro atoms. The van der Waals surface area contributed by atoms with Crippen molar-refractivity contribution in [3.63, 3.8) is 0 Å². The first-order valence-corrected chi connectivity index (χ1v) is 10.2. The SMILES string of the molecule is C1CC(CN2CCOC[C@@]3(CC[C@H](CN4CCOCC4)O3)C2)CCO1. The number of hydrogen-bond donors (Lipinski definition) is 0. The zero-order chi connectivity index (χ0) is 17.0. The van der Waals surface area contributed by atoms with Crippen molar-refractivity contribution in [2.24, 2.45) is 5.92 Å². The molecule has 4 heterocycles. The first-order chi connectivity index (χ1) is 12.3. The molecule has 0 saturated carbocycles. The van der Waals surface area contributed by atoms with Gasteiger partial charge >= 0.3 is 0 Å². The Morgan fingerprint density at radius 3 is 2.32 bits per heavy atom. The van der Waals surface area contributed by atoms with Gasteiger partial charge in [0, 0.05) is 52.5 Å². The highest BCUT2D eigenvalue weighted by atomic mass is 16.6. The van der Waals surface area contributed by atoms with Crippen molar-refractivity contribution in [2.45, 2.75) is 37.4 Å². The molecule has 4 fully saturated rings. The summed E-state index contributed by atoms with van der Waals surface area (Å²) in [5.41, 5.74) is -0.0847. The van der Waals surface area contributed by atoms with Gasteiger partial charge in [-0.05, 0) is 31.6 Å². The maximum atomic E-state index is 6.62. The fourth-order valence-electron chi connectivity index (χ4n) is 4.75. The van der Waals surface area contributed by atoms with Gasteiger partial charge in [-0.3, -0.25) is 9.80 Å². The monoisotopic (exact) mass is 354 g/mol. The van der Waals surface area contributed by atoms with Crippen molar-refractivity contribution < 1.29 is 18.9 Å². The van der Waals surface area contributed by atoms with Gasteiger partial charge in [0.1, 0.15) is 5.60 Å². The fourth-order valence-corrected chi connectivity index (χ4v) is 4.75. The molecule has 0 aliphatic carbocycles. The Labute approximate surface area is 151 Å². The highest BCUT2D eigenvalue weighted by molar-refractivity contribution is 4.94. The Morgan fingerprint density at radius 2 is 1.48 bits per heavy atom. The average molecular weight is 354 g/mol. The van der Waals surface area contributed by atoms with Crippen molar-refractivity contribution in [3.05, 3.63) is 0 Å².